The van der Waals surface area contributed by atoms with Crippen molar-refractivity contribution in [3.8, 4) is 5.75 Å². The fourth-order valence-electron chi connectivity index (χ4n) is 3.33. The molecule has 1 saturated heterocycles. The number of rotatable bonds is 5. The number of piperidine rings is 1. The van der Waals surface area contributed by atoms with Crippen molar-refractivity contribution in [3.05, 3.63) is 41.1 Å². The van der Waals surface area contributed by atoms with Crippen molar-refractivity contribution in [2.24, 2.45) is 5.92 Å². The van der Waals surface area contributed by atoms with E-state index in [-0.39, 0.29) is 12.5 Å². The summed E-state index contributed by atoms with van der Waals surface area (Å²) in [5.74, 6) is 1.86. The van der Waals surface area contributed by atoms with Gasteiger partial charge in [-0.15, -0.1) is 0 Å². The molecule has 0 radical (unpaired) electrons. The van der Waals surface area contributed by atoms with Crippen LogP contribution in [0, 0.1) is 19.8 Å². The van der Waals surface area contributed by atoms with E-state index in [4.69, 9.17) is 9.15 Å². The molecule has 29 heavy (non-hydrogen) atoms. The Morgan fingerprint density at radius 2 is 2.00 bits per heavy atom. The van der Waals surface area contributed by atoms with Crippen molar-refractivity contribution in [2.75, 3.05) is 25.5 Å². The van der Waals surface area contributed by atoms with Gasteiger partial charge in [0, 0.05) is 13.1 Å². The van der Waals surface area contributed by atoms with Crippen molar-refractivity contribution in [1.29, 1.82) is 0 Å². The number of anilines is 1. The molecule has 8 heteroatoms. The topological polar surface area (TPSA) is 96.7 Å². The van der Waals surface area contributed by atoms with Crippen LogP contribution in [0.2, 0.25) is 0 Å². The second-order valence-electron chi connectivity index (χ2n) is 7.50. The van der Waals surface area contributed by atoms with E-state index >= 15 is 0 Å². The Hall–Kier alpha value is -3.03. The molecule has 0 saturated carbocycles. The molecule has 0 unspecified atom stereocenters. The summed E-state index contributed by atoms with van der Waals surface area (Å²) in [5.41, 5.74) is 1.89. The van der Waals surface area contributed by atoms with Crippen LogP contribution in [0.5, 0.6) is 5.75 Å². The summed E-state index contributed by atoms with van der Waals surface area (Å²) in [6.07, 6.45) is 2.00. The number of carbonyl (C=O) groups excluding carboxylic acids is 2. The molecule has 1 aliphatic rings. The molecule has 2 aromatic rings. The number of hydrogen-bond donors (Lipinski definition) is 2. The number of oxazole rings is 1. The minimum Gasteiger partial charge on any atom is -0.495 e. The molecule has 3 rings (SSSR count). The van der Waals surface area contributed by atoms with Gasteiger partial charge in [0.1, 0.15) is 11.5 Å². The Balaban J connectivity index is 1.59. The minimum absolute atomic E-state index is 0.0745. The zero-order chi connectivity index (χ0) is 21.0. The van der Waals surface area contributed by atoms with Crippen LogP contribution < -0.4 is 15.4 Å². The molecule has 3 amide bonds. The fourth-order valence-corrected chi connectivity index (χ4v) is 3.33. The summed E-state index contributed by atoms with van der Waals surface area (Å²) in [6.45, 7) is 7.39. The molecule has 0 atom stereocenters. The van der Waals surface area contributed by atoms with Crippen molar-refractivity contribution < 1.29 is 18.7 Å². The molecule has 1 aromatic heterocycles. The molecule has 0 bridgehead atoms. The van der Waals surface area contributed by atoms with Gasteiger partial charge in [-0.2, -0.15) is 0 Å². The van der Waals surface area contributed by atoms with Crippen LogP contribution in [0.25, 0.3) is 0 Å². The number of likely N-dealkylation sites (tertiary alicyclic amines) is 1. The first-order valence-corrected chi connectivity index (χ1v) is 9.82. The number of aryl methyl sites for hydroxylation is 2. The third kappa shape index (κ3) is 5.07. The largest absolute Gasteiger partial charge is 0.495 e. The highest BCUT2D eigenvalue weighted by Crippen LogP contribution is 2.25. The molecule has 1 aromatic carbocycles. The maximum Gasteiger partial charge on any atom is 0.319 e. The maximum absolute atomic E-state index is 12.7. The summed E-state index contributed by atoms with van der Waals surface area (Å²) in [6, 6.07) is 5.10. The standard InChI is InChI=1S/C21H28N4O4/c1-13-7-9-25(10-8-13)20(26)19-15(3)29-18(24-19)12-22-21(27)23-16-11-14(2)5-6-17(16)28-4/h5-6,11,13H,7-10,12H2,1-4H3,(H2,22,23,27). The van der Waals surface area contributed by atoms with Crippen LogP contribution in [0.1, 0.15) is 47.5 Å². The third-order valence-electron chi connectivity index (χ3n) is 5.12. The van der Waals surface area contributed by atoms with Gasteiger partial charge in [0.25, 0.3) is 5.91 Å². The van der Waals surface area contributed by atoms with E-state index in [1.54, 1.807) is 20.1 Å². The second-order valence-corrected chi connectivity index (χ2v) is 7.50. The van der Waals surface area contributed by atoms with E-state index in [0.717, 1.165) is 31.5 Å². The molecular formula is C21H28N4O4. The zero-order valence-electron chi connectivity index (χ0n) is 17.4. The second kappa shape index (κ2) is 8.98. The Labute approximate surface area is 170 Å². The molecule has 8 nitrogen and oxygen atoms in total. The Bertz CT molecular complexity index is 885. The first-order valence-electron chi connectivity index (χ1n) is 9.82. The number of ether oxygens (including phenoxy) is 1. The third-order valence-corrected chi connectivity index (χ3v) is 5.12. The predicted molar refractivity (Wildman–Crippen MR) is 109 cm³/mol. The van der Waals surface area contributed by atoms with E-state index in [0.29, 0.717) is 34.7 Å². The summed E-state index contributed by atoms with van der Waals surface area (Å²) in [7, 11) is 1.55. The number of urea groups is 1. The van der Waals surface area contributed by atoms with E-state index < -0.39 is 6.03 Å². The molecule has 156 valence electrons. The van der Waals surface area contributed by atoms with Gasteiger partial charge in [-0.05, 0) is 50.3 Å². The highest BCUT2D eigenvalue weighted by atomic mass is 16.5. The van der Waals surface area contributed by atoms with E-state index in [1.165, 1.54) is 0 Å². The van der Waals surface area contributed by atoms with E-state index in [2.05, 4.69) is 22.5 Å². The van der Waals surface area contributed by atoms with E-state index in [1.807, 2.05) is 24.0 Å². The van der Waals surface area contributed by atoms with Gasteiger partial charge in [-0.1, -0.05) is 13.0 Å². The first kappa shape index (κ1) is 20.7. The average Bonchev–Trinajstić information content (AvgIpc) is 3.07. The Morgan fingerprint density at radius 3 is 2.69 bits per heavy atom. The molecule has 0 spiro atoms. The number of carbonyl (C=O) groups is 2. The lowest BCUT2D eigenvalue weighted by molar-refractivity contribution is 0.0690. The van der Waals surface area contributed by atoms with Crippen molar-refractivity contribution in [3.63, 3.8) is 0 Å². The summed E-state index contributed by atoms with van der Waals surface area (Å²) in [4.78, 5) is 31.1. The summed E-state index contributed by atoms with van der Waals surface area (Å²) < 4.78 is 10.8. The molecular weight excluding hydrogens is 372 g/mol. The highest BCUT2D eigenvalue weighted by Gasteiger charge is 2.26. The predicted octanol–water partition coefficient (Wildman–Crippen LogP) is 3.49. The first-order chi connectivity index (χ1) is 13.9. The highest BCUT2D eigenvalue weighted by molar-refractivity contribution is 5.93. The maximum atomic E-state index is 12.7. The van der Waals surface area contributed by atoms with Crippen LogP contribution in [0.3, 0.4) is 0 Å². The lowest BCUT2D eigenvalue weighted by Gasteiger charge is -2.29. The van der Waals surface area contributed by atoms with Crippen LogP contribution in [-0.2, 0) is 6.54 Å². The lowest BCUT2D eigenvalue weighted by Crippen LogP contribution is -2.38. The number of methoxy groups -OCH3 is 1. The van der Waals surface area contributed by atoms with Crippen LogP contribution >= 0.6 is 0 Å². The number of benzene rings is 1. The number of nitrogens with one attached hydrogen (secondary N) is 2. The monoisotopic (exact) mass is 400 g/mol. The van der Waals surface area contributed by atoms with Crippen LogP contribution in [-0.4, -0.2) is 42.0 Å². The van der Waals surface area contributed by atoms with Gasteiger partial charge in [0.15, 0.2) is 5.69 Å². The van der Waals surface area contributed by atoms with Gasteiger partial charge < -0.3 is 24.7 Å². The SMILES string of the molecule is COc1ccc(C)cc1NC(=O)NCc1nc(C(=O)N2CCC(C)CC2)c(C)o1. The molecule has 0 aliphatic carbocycles. The molecule has 2 N–H and O–H groups in total. The fraction of sp³-hybridized carbons (Fsp3) is 0.476. The van der Waals surface area contributed by atoms with Gasteiger partial charge in [0.2, 0.25) is 5.89 Å². The minimum atomic E-state index is -0.414. The number of aromatic nitrogens is 1. The van der Waals surface area contributed by atoms with Crippen molar-refractivity contribution in [1.82, 2.24) is 15.2 Å². The smallest absolute Gasteiger partial charge is 0.319 e. The number of nitrogens with zero attached hydrogens (tertiary/aromatic N) is 2. The zero-order valence-corrected chi connectivity index (χ0v) is 17.4. The van der Waals surface area contributed by atoms with Gasteiger partial charge >= 0.3 is 6.03 Å². The Kier molecular flexibility index (Phi) is 6.41. The van der Waals surface area contributed by atoms with Crippen LogP contribution in [0.4, 0.5) is 10.5 Å². The van der Waals surface area contributed by atoms with Crippen molar-refractivity contribution in [2.45, 2.75) is 40.2 Å². The summed E-state index contributed by atoms with van der Waals surface area (Å²) >= 11 is 0. The average molecular weight is 400 g/mol. The number of hydrogen-bond acceptors (Lipinski definition) is 5. The lowest BCUT2D eigenvalue weighted by atomic mass is 9.99. The number of amides is 3. The molecule has 2 heterocycles. The van der Waals surface area contributed by atoms with Gasteiger partial charge in [-0.25, -0.2) is 9.78 Å². The van der Waals surface area contributed by atoms with Crippen LogP contribution in [0.15, 0.2) is 22.6 Å². The normalized spacial score (nSPS) is 14.6. The van der Waals surface area contributed by atoms with Gasteiger partial charge in [-0.3, -0.25) is 4.79 Å². The van der Waals surface area contributed by atoms with Crippen molar-refractivity contribution >= 4 is 17.6 Å². The Morgan fingerprint density at radius 1 is 1.28 bits per heavy atom. The van der Waals surface area contributed by atoms with E-state index in [9.17, 15) is 9.59 Å². The molecule has 1 fully saturated rings. The molecule has 1 aliphatic heterocycles. The van der Waals surface area contributed by atoms with Gasteiger partial charge in [0.05, 0.1) is 19.3 Å². The quantitative estimate of drug-likeness (QED) is 0.801. The summed E-state index contributed by atoms with van der Waals surface area (Å²) in [5, 5.41) is 5.45.